The Morgan fingerprint density at radius 2 is 2.05 bits per heavy atom. The summed E-state index contributed by atoms with van der Waals surface area (Å²) in [5.41, 5.74) is 1.20. The molecule has 1 aromatic heterocycles. The predicted octanol–water partition coefficient (Wildman–Crippen LogP) is 3.92. The van der Waals surface area contributed by atoms with E-state index in [1.807, 2.05) is 12.1 Å². The van der Waals surface area contributed by atoms with Gasteiger partial charge in [0.1, 0.15) is 11.6 Å². The second kappa shape index (κ2) is 8.17. The summed E-state index contributed by atoms with van der Waals surface area (Å²) in [5.74, 6) is 1.31. The summed E-state index contributed by atoms with van der Waals surface area (Å²) in [6, 6.07) is 10.9. The Labute approximate surface area is 131 Å². The number of nitrogens with one attached hydrogen (secondary N) is 1. The lowest BCUT2D eigenvalue weighted by Gasteiger charge is -2.10. The molecule has 1 N–H and O–H groups in total. The molecule has 0 saturated carbocycles. The second-order valence-corrected chi connectivity index (χ2v) is 5.03. The highest BCUT2D eigenvalue weighted by molar-refractivity contribution is 6.12. The molecule has 1 aromatic carbocycles. The van der Waals surface area contributed by atoms with E-state index < -0.39 is 0 Å². The molecule has 0 aliphatic rings. The van der Waals surface area contributed by atoms with Gasteiger partial charge in [0.2, 0.25) is 0 Å². The van der Waals surface area contributed by atoms with E-state index in [1.54, 1.807) is 30.5 Å². The van der Waals surface area contributed by atoms with Crippen LogP contribution in [0.5, 0.6) is 5.75 Å². The zero-order chi connectivity index (χ0) is 15.8. The van der Waals surface area contributed by atoms with Crippen molar-refractivity contribution >= 4 is 11.6 Å². The number of ether oxygens (including phenoxy) is 1. The van der Waals surface area contributed by atoms with Crippen LogP contribution in [0.4, 0.5) is 5.82 Å². The molecule has 22 heavy (non-hydrogen) atoms. The predicted molar refractivity (Wildman–Crippen MR) is 88.7 cm³/mol. The van der Waals surface area contributed by atoms with Gasteiger partial charge in [0.25, 0.3) is 0 Å². The average Bonchev–Trinajstić information content (AvgIpc) is 2.58. The molecule has 0 amide bonds. The number of rotatable bonds is 8. The minimum absolute atomic E-state index is 0.0475. The smallest absolute Gasteiger partial charge is 0.196 e. The molecule has 2 rings (SSSR count). The van der Waals surface area contributed by atoms with Crippen molar-refractivity contribution in [2.75, 3.05) is 18.5 Å². The Balaban J connectivity index is 2.24. The van der Waals surface area contributed by atoms with Gasteiger partial charge in [-0.25, -0.2) is 4.98 Å². The summed E-state index contributed by atoms with van der Waals surface area (Å²) in [6.07, 6.45) is 3.60. The molecule has 0 unspecified atom stereocenters. The van der Waals surface area contributed by atoms with Crippen molar-refractivity contribution in [1.29, 1.82) is 0 Å². The monoisotopic (exact) mass is 298 g/mol. The fourth-order valence-electron chi connectivity index (χ4n) is 2.08. The lowest BCUT2D eigenvalue weighted by molar-refractivity contribution is 0.103. The summed E-state index contributed by atoms with van der Waals surface area (Å²) >= 11 is 0. The van der Waals surface area contributed by atoms with Crippen molar-refractivity contribution < 1.29 is 9.53 Å². The summed E-state index contributed by atoms with van der Waals surface area (Å²) < 4.78 is 5.59. The molecule has 1 heterocycles. The molecule has 0 radical (unpaired) electrons. The molecule has 0 atom stereocenters. The number of benzene rings is 1. The minimum Gasteiger partial charge on any atom is -0.494 e. The van der Waals surface area contributed by atoms with Crippen LogP contribution in [0.1, 0.15) is 42.6 Å². The first-order valence-electron chi connectivity index (χ1n) is 7.72. The molecule has 2 aromatic rings. The molecular weight excluding hydrogens is 276 g/mol. The number of aromatic nitrogens is 1. The maximum atomic E-state index is 12.7. The molecule has 116 valence electrons. The maximum absolute atomic E-state index is 12.7. The number of ketones is 1. The van der Waals surface area contributed by atoms with Crippen LogP contribution in [0.25, 0.3) is 0 Å². The largest absolute Gasteiger partial charge is 0.494 e. The Morgan fingerprint density at radius 3 is 2.82 bits per heavy atom. The van der Waals surface area contributed by atoms with Gasteiger partial charge in [-0.1, -0.05) is 26.0 Å². The van der Waals surface area contributed by atoms with Crippen molar-refractivity contribution in [3.05, 3.63) is 53.7 Å². The normalized spacial score (nSPS) is 10.3. The molecule has 0 bridgehead atoms. The van der Waals surface area contributed by atoms with Gasteiger partial charge in [0.05, 0.1) is 12.2 Å². The number of hydrogen-bond acceptors (Lipinski definition) is 4. The van der Waals surface area contributed by atoms with E-state index in [0.717, 1.165) is 25.1 Å². The molecule has 0 aliphatic carbocycles. The van der Waals surface area contributed by atoms with Crippen molar-refractivity contribution in [3.8, 4) is 5.75 Å². The summed E-state index contributed by atoms with van der Waals surface area (Å²) in [6.45, 7) is 5.56. The summed E-state index contributed by atoms with van der Waals surface area (Å²) in [4.78, 5) is 17.0. The molecule has 0 saturated heterocycles. The Kier molecular flexibility index (Phi) is 5.95. The number of nitrogens with zero attached hydrogens (tertiary/aromatic N) is 1. The van der Waals surface area contributed by atoms with Crippen molar-refractivity contribution in [3.63, 3.8) is 0 Å². The molecule has 0 fully saturated rings. The van der Waals surface area contributed by atoms with Crippen LogP contribution >= 0.6 is 0 Å². The third-order valence-electron chi connectivity index (χ3n) is 3.16. The van der Waals surface area contributed by atoms with E-state index in [1.165, 1.54) is 0 Å². The van der Waals surface area contributed by atoms with Crippen LogP contribution in [-0.2, 0) is 0 Å². The Morgan fingerprint density at radius 1 is 1.18 bits per heavy atom. The maximum Gasteiger partial charge on any atom is 0.196 e. The Hall–Kier alpha value is -2.36. The third kappa shape index (κ3) is 4.07. The highest BCUT2D eigenvalue weighted by atomic mass is 16.5. The van der Waals surface area contributed by atoms with Crippen molar-refractivity contribution in [2.24, 2.45) is 0 Å². The van der Waals surface area contributed by atoms with Crippen molar-refractivity contribution in [1.82, 2.24) is 4.98 Å². The first kappa shape index (κ1) is 16.0. The van der Waals surface area contributed by atoms with E-state index >= 15 is 0 Å². The van der Waals surface area contributed by atoms with E-state index in [2.05, 4.69) is 24.1 Å². The fraction of sp³-hybridized carbons (Fsp3) is 0.333. The van der Waals surface area contributed by atoms with E-state index in [4.69, 9.17) is 4.74 Å². The average molecular weight is 298 g/mol. The van der Waals surface area contributed by atoms with Gasteiger partial charge < -0.3 is 10.1 Å². The highest BCUT2D eigenvalue weighted by Gasteiger charge is 2.14. The van der Waals surface area contributed by atoms with E-state index in [-0.39, 0.29) is 5.78 Å². The number of carbonyl (C=O) groups excluding carboxylic acids is 1. The number of hydrogen-bond donors (Lipinski definition) is 1. The first-order chi connectivity index (χ1) is 10.8. The molecule has 0 spiro atoms. The van der Waals surface area contributed by atoms with Crippen molar-refractivity contribution in [2.45, 2.75) is 26.7 Å². The molecular formula is C18H22N2O2. The third-order valence-corrected chi connectivity index (χ3v) is 3.16. The van der Waals surface area contributed by atoms with Crippen LogP contribution in [0.15, 0.2) is 42.6 Å². The van der Waals surface area contributed by atoms with Gasteiger partial charge in [0, 0.05) is 18.3 Å². The van der Waals surface area contributed by atoms with Gasteiger partial charge in [0.15, 0.2) is 5.78 Å². The zero-order valence-corrected chi connectivity index (χ0v) is 13.1. The topological polar surface area (TPSA) is 51.2 Å². The highest BCUT2D eigenvalue weighted by Crippen LogP contribution is 2.20. The summed E-state index contributed by atoms with van der Waals surface area (Å²) in [5, 5.41) is 3.20. The first-order valence-corrected chi connectivity index (χ1v) is 7.72. The van der Waals surface area contributed by atoms with Crippen LogP contribution in [-0.4, -0.2) is 23.9 Å². The van der Waals surface area contributed by atoms with Crippen LogP contribution in [0, 0.1) is 0 Å². The minimum atomic E-state index is -0.0475. The standard InChI is InChI=1S/C18H22N2O2/c1-3-10-19-18-16(9-6-11-20-18)17(21)14-7-5-8-15(13-14)22-12-4-2/h5-9,11,13H,3-4,10,12H2,1-2H3,(H,19,20). The van der Waals surface area contributed by atoms with Crippen LogP contribution < -0.4 is 10.1 Å². The lowest BCUT2D eigenvalue weighted by Crippen LogP contribution is -2.10. The molecule has 4 heteroatoms. The van der Waals surface area contributed by atoms with E-state index in [9.17, 15) is 4.79 Å². The van der Waals surface area contributed by atoms with E-state index in [0.29, 0.717) is 23.6 Å². The molecule has 0 aliphatic heterocycles. The van der Waals surface area contributed by atoms with Gasteiger partial charge in [-0.15, -0.1) is 0 Å². The quantitative estimate of drug-likeness (QED) is 0.750. The van der Waals surface area contributed by atoms with Gasteiger partial charge in [-0.2, -0.15) is 0 Å². The second-order valence-electron chi connectivity index (χ2n) is 5.03. The van der Waals surface area contributed by atoms with Crippen LogP contribution in [0.3, 0.4) is 0 Å². The van der Waals surface area contributed by atoms with Gasteiger partial charge >= 0.3 is 0 Å². The van der Waals surface area contributed by atoms with Gasteiger partial charge in [-0.3, -0.25) is 4.79 Å². The number of carbonyl (C=O) groups is 1. The Bertz CT molecular complexity index is 626. The van der Waals surface area contributed by atoms with Gasteiger partial charge in [-0.05, 0) is 37.1 Å². The number of pyridine rings is 1. The fourth-order valence-corrected chi connectivity index (χ4v) is 2.08. The summed E-state index contributed by atoms with van der Waals surface area (Å²) in [7, 11) is 0. The van der Waals surface area contributed by atoms with Crippen LogP contribution in [0.2, 0.25) is 0 Å². The SMILES string of the molecule is CCCNc1ncccc1C(=O)c1cccc(OCCC)c1. The lowest BCUT2D eigenvalue weighted by atomic mass is 10.0. The molecule has 4 nitrogen and oxygen atoms in total. The zero-order valence-electron chi connectivity index (χ0n) is 13.1. The number of anilines is 1.